The third kappa shape index (κ3) is 5.21. The summed E-state index contributed by atoms with van der Waals surface area (Å²) in [6.45, 7) is 3.00. The number of carbonyl (C=O) groups excluding carboxylic acids is 1. The van der Waals surface area contributed by atoms with Gasteiger partial charge in [0.1, 0.15) is 0 Å². The van der Waals surface area contributed by atoms with Crippen LogP contribution in [0.1, 0.15) is 13.8 Å². The Bertz CT molecular complexity index is 84.1. The molecule has 0 heterocycles. The van der Waals surface area contributed by atoms with Gasteiger partial charge in [0.25, 0.3) is 0 Å². The van der Waals surface area contributed by atoms with E-state index < -0.39 is 0 Å². The van der Waals surface area contributed by atoms with Crippen molar-refractivity contribution < 1.29 is 9.53 Å². The lowest BCUT2D eigenvalue weighted by molar-refractivity contribution is -0.135. The molecule has 0 amide bonds. The summed E-state index contributed by atoms with van der Waals surface area (Å²) in [7, 11) is 0. The summed E-state index contributed by atoms with van der Waals surface area (Å²) in [5.41, 5.74) is 0. The highest BCUT2D eigenvalue weighted by Crippen LogP contribution is 1.74. The van der Waals surface area contributed by atoms with Gasteiger partial charge in [-0.3, -0.25) is 4.79 Å². The summed E-state index contributed by atoms with van der Waals surface area (Å²) < 4.78 is 4.32. The zero-order chi connectivity index (χ0) is 5.70. The van der Waals surface area contributed by atoms with Crippen LogP contribution in [0.25, 0.3) is 0 Å². The molecule has 0 aliphatic carbocycles. The van der Waals surface area contributed by atoms with Crippen molar-refractivity contribution in [2.75, 3.05) is 0 Å². The molecule has 0 aromatic rings. The van der Waals surface area contributed by atoms with Crippen LogP contribution in [-0.4, -0.2) is 5.97 Å². The Morgan fingerprint density at radius 3 is 2.57 bits per heavy atom. The molecule has 0 aliphatic rings. The van der Waals surface area contributed by atoms with E-state index in [4.69, 9.17) is 0 Å². The maximum absolute atomic E-state index is 9.91. The molecule has 7 heavy (non-hydrogen) atoms. The molecule has 0 aromatic carbocycles. The van der Waals surface area contributed by atoms with Crippen LogP contribution in [0.5, 0.6) is 0 Å². The average Bonchev–Trinajstić information content (AvgIpc) is 1.61. The third-order valence-electron chi connectivity index (χ3n) is 0.343. The number of hydrogen-bond donors (Lipinski definition) is 0. The largest absolute Gasteiger partial charge is 0.434 e. The molecule has 0 unspecified atom stereocenters. The second-order valence-corrected chi connectivity index (χ2v) is 1.02. The van der Waals surface area contributed by atoms with E-state index in [0.29, 0.717) is 0 Å². The average molecular weight is 99.1 g/mol. The first kappa shape index (κ1) is 6.21. The van der Waals surface area contributed by atoms with Crippen molar-refractivity contribution in [2.24, 2.45) is 0 Å². The minimum absolute atomic E-state index is 0.311. The summed E-state index contributed by atoms with van der Waals surface area (Å²) in [4.78, 5) is 9.91. The number of esters is 1. The second kappa shape index (κ2) is 3.40. The number of allylic oxidation sites excluding steroid dienone is 1. The molecule has 0 aromatic heterocycles. The maximum atomic E-state index is 9.91. The summed E-state index contributed by atoms with van der Waals surface area (Å²) in [6, 6.07) is 0. The summed E-state index contributed by atoms with van der Waals surface area (Å²) in [6.07, 6.45) is 3.76. The monoisotopic (exact) mass is 99.0 g/mol. The zero-order valence-corrected chi connectivity index (χ0v) is 4.39. The Morgan fingerprint density at radius 1 is 1.86 bits per heavy atom. The topological polar surface area (TPSA) is 26.3 Å². The molecule has 39 valence electrons. The van der Waals surface area contributed by atoms with Gasteiger partial charge in [0.2, 0.25) is 0 Å². The summed E-state index contributed by atoms with van der Waals surface area (Å²) >= 11 is 0. The molecule has 0 atom stereocenters. The van der Waals surface area contributed by atoms with Gasteiger partial charge in [-0.2, -0.15) is 0 Å². The van der Waals surface area contributed by atoms with Crippen molar-refractivity contribution in [3.8, 4) is 0 Å². The minimum Gasteiger partial charge on any atom is -0.434 e. The molecular weight excluding hydrogens is 92.1 g/mol. The van der Waals surface area contributed by atoms with Gasteiger partial charge in [-0.05, 0) is 13.0 Å². The summed E-state index contributed by atoms with van der Waals surface area (Å²) in [5.74, 6) is -0.311. The van der Waals surface area contributed by atoms with E-state index >= 15 is 0 Å². The number of hydrogen-bond acceptors (Lipinski definition) is 2. The Morgan fingerprint density at radius 2 is 2.43 bits per heavy atom. The number of carbonyl (C=O) groups is 1. The SMILES string of the molecule is C/[C]=C/OC(C)=O. The molecule has 0 saturated carbocycles. The van der Waals surface area contributed by atoms with Crippen LogP contribution in [0.15, 0.2) is 6.26 Å². The van der Waals surface area contributed by atoms with Crippen LogP contribution in [0, 0.1) is 6.08 Å². The predicted octanol–water partition coefficient (Wildman–Crippen LogP) is 0.886. The van der Waals surface area contributed by atoms with Crippen molar-refractivity contribution >= 4 is 5.97 Å². The first-order chi connectivity index (χ1) is 3.27. The van der Waals surface area contributed by atoms with Crippen LogP contribution in [0.4, 0.5) is 0 Å². The number of rotatable bonds is 1. The van der Waals surface area contributed by atoms with E-state index in [1.807, 2.05) is 0 Å². The fraction of sp³-hybridized carbons (Fsp3) is 0.400. The van der Waals surface area contributed by atoms with Gasteiger partial charge < -0.3 is 4.74 Å². The number of ether oxygens (including phenoxy) is 1. The highest BCUT2D eigenvalue weighted by molar-refractivity contribution is 5.66. The Balaban J connectivity index is 3.14. The van der Waals surface area contributed by atoms with Crippen molar-refractivity contribution in [2.45, 2.75) is 13.8 Å². The van der Waals surface area contributed by atoms with Crippen molar-refractivity contribution in [1.29, 1.82) is 0 Å². The van der Waals surface area contributed by atoms with Gasteiger partial charge >= 0.3 is 5.97 Å². The Kier molecular flexibility index (Phi) is 3.02. The molecule has 2 heteroatoms. The van der Waals surface area contributed by atoms with Crippen molar-refractivity contribution in [3.05, 3.63) is 12.3 Å². The molecular formula is C5H7O2. The standard InChI is InChI=1S/C5H7O2/c1-3-4-7-5(2)6/h4H,1-2H3. The van der Waals surface area contributed by atoms with E-state index in [0.717, 1.165) is 0 Å². The van der Waals surface area contributed by atoms with E-state index in [1.54, 1.807) is 6.92 Å². The Hall–Kier alpha value is -0.790. The van der Waals surface area contributed by atoms with E-state index in [9.17, 15) is 4.79 Å². The van der Waals surface area contributed by atoms with Crippen molar-refractivity contribution in [3.63, 3.8) is 0 Å². The lowest BCUT2D eigenvalue weighted by Gasteiger charge is -1.84. The molecule has 0 aliphatic heterocycles. The van der Waals surface area contributed by atoms with Crippen LogP contribution >= 0.6 is 0 Å². The van der Waals surface area contributed by atoms with Crippen LogP contribution < -0.4 is 0 Å². The van der Waals surface area contributed by atoms with E-state index in [1.165, 1.54) is 13.2 Å². The van der Waals surface area contributed by atoms with Gasteiger partial charge in [-0.1, -0.05) is 0 Å². The fourth-order valence-electron chi connectivity index (χ4n) is 0.142. The third-order valence-corrected chi connectivity index (χ3v) is 0.343. The highest BCUT2D eigenvalue weighted by atomic mass is 16.5. The summed E-state index contributed by atoms with van der Waals surface area (Å²) in [5, 5.41) is 0. The molecule has 0 bridgehead atoms. The zero-order valence-electron chi connectivity index (χ0n) is 4.39. The van der Waals surface area contributed by atoms with Crippen molar-refractivity contribution in [1.82, 2.24) is 0 Å². The van der Waals surface area contributed by atoms with Gasteiger partial charge in [0.15, 0.2) is 0 Å². The van der Waals surface area contributed by atoms with Gasteiger partial charge in [-0.25, -0.2) is 0 Å². The quantitative estimate of drug-likeness (QED) is 0.360. The smallest absolute Gasteiger partial charge is 0.307 e. The molecule has 0 saturated heterocycles. The molecule has 0 spiro atoms. The molecule has 0 fully saturated rings. The Labute approximate surface area is 42.8 Å². The second-order valence-electron chi connectivity index (χ2n) is 1.02. The van der Waals surface area contributed by atoms with Gasteiger partial charge in [0, 0.05) is 6.92 Å². The first-order valence-electron chi connectivity index (χ1n) is 1.93. The molecule has 1 radical (unpaired) electrons. The molecule has 2 nitrogen and oxygen atoms in total. The van der Waals surface area contributed by atoms with E-state index in [2.05, 4.69) is 10.8 Å². The van der Waals surface area contributed by atoms with Crippen LogP contribution in [0.2, 0.25) is 0 Å². The molecule has 0 rings (SSSR count). The van der Waals surface area contributed by atoms with E-state index in [-0.39, 0.29) is 5.97 Å². The fourth-order valence-corrected chi connectivity index (χ4v) is 0.142. The minimum atomic E-state index is -0.311. The first-order valence-corrected chi connectivity index (χ1v) is 1.93. The predicted molar refractivity (Wildman–Crippen MR) is 25.3 cm³/mol. The normalized spacial score (nSPS) is 9.43. The lowest BCUT2D eigenvalue weighted by Crippen LogP contribution is -1.88. The van der Waals surface area contributed by atoms with Crippen LogP contribution in [-0.2, 0) is 9.53 Å². The maximum Gasteiger partial charge on any atom is 0.307 e. The lowest BCUT2D eigenvalue weighted by atomic mass is 10.7. The van der Waals surface area contributed by atoms with Crippen LogP contribution in [0.3, 0.4) is 0 Å². The highest BCUT2D eigenvalue weighted by Gasteiger charge is 1.80. The molecule has 0 N–H and O–H groups in total. The van der Waals surface area contributed by atoms with Gasteiger partial charge in [0.05, 0.1) is 6.26 Å². The van der Waals surface area contributed by atoms with Gasteiger partial charge in [-0.15, -0.1) is 0 Å².